The first-order chi connectivity index (χ1) is 10.8. The Hall–Kier alpha value is -2.24. The number of nitrogens with one attached hydrogen (secondary N) is 1. The summed E-state index contributed by atoms with van der Waals surface area (Å²) in [4.78, 5) is 15.8. The third-order valence-electron chi connectivity index (χ3n) is 4.19. The van der Waals surface area contributed by atoms with Gasteiger partial charge in [-0.1, -0.05) is 30.9 Å². The van der Waals surface area contributed by atoms with E-state index in [1.165, 1.54) is 25.7 Å². The molecule has 2 aromatic heterocycles. The van der Waals surface area contributed by atoms with Crippen molar-refractivity contribution in [1.29, 1.82) is 0 Å². The van der Waals surface area contributed by atoms with Gasteiger partial charge in [0.25, 0.3) is 0 Å². The summed E-state index contributed by atoms with van der Waals surface area (Å²) in [6, 6.07) is 3.72. The number of carbonyl (C=O) groups is 1. The number of rotatable bonds is 6. The van der Waals surface area contributed by atoms with Crippen molar-refractivity contribution >= 4 is 5.91 Å². The van der Waals surface area contributed by atoms with Crippen LogP contribution >= 0.6 is 0 Å². The molecule has 0 spiro atoms. The number of nitrogens with zero attached hydrogens (tertiary/aromatic N) is 4. The molecule has 1 amide bonds. The lowest BCUT2D eigenvalue weighted by atomic mass is 10.0. The molecule has 1 saturated carbocycles. The molecule has 1 aliphatic rings. The third-order valence-corrected chi connectivity index (χ3v) is 4.19. The van der Waals surface area contributed by atoms with Gasteiger partial charge < -0.3 is 5.32 Å². The van der Waals surface area contributed by atoms with Crippen LogP contribution in [0.15, 0.2) is 30.7 Å². The van der Waals surface area contributed by atoms with Crippen LogP contribution in [-0.2, 0) is 11.3 Å². The number of amides is 1. The number of aromatic nitrogens is 4. The molecule has 6 nitrogen and oxygen atoms in total. The zero-order valence-corrected chi connectivity index (χ0v) is 12.6. The molecule has 2 aromatic rings. The summed E-state index contributed by atoms with van der Waals surface area (Å²) in [5, 5.41) is 11.1. The summed E-state index contributed by atoms with van der Waals surface area (Å²) >= 11 is 0. The first-order valence-electron chi connectivity index (χ1n) is 7.89. The molecule has 3 rings (SSSR count). The van der Waals surface area contributed by atoms with Gasteiger partial charge in [-0.05, 0) is 24.5 Å². The van der Waals surface area contributed by atoms with Gasteiger partial charge in [0.2, 0.25) is 5.91 Å². The molecule has 0 radical (unpaired) electrons. The van der Waals surface area contributed by atoms with Crippen molar-refractivity contribution < 1.29 is 4.79 Å². The van der Waals surface area contributed by atoms with Gasteiger partial charge in [-0.25, -0.2) is 4.68 Å². The molecule has 1 N–H and O–H groups in total. The highest BCUT2D eigenvalue weighted by atomic mass is 16.1. The molecule has 1 aliphatic carbocycles. The summed E-state index contributed by atoms with van der Waals surface area (Å²) in [5.74, 6) is 0.851. The topological polar surface area (TPSA) is 72.7 Å². The Morgan fingerprint density at radius 1 is 1.27 bits per heavy atom. The summed E-state index contributed by atoms with van der Waals surface area (Å²) in [6.45, 7) is 0.425. The Morgan fingerprint density at radius 2 is 2.05 bits per heavy atom. The average Bonchev–Trinajstić information content (AvgIpc) is 3.23. The molecule has 6 heteroatoms. The second-order valence-corrected chi connectivity index (χ2v) is 5.83. The van der Waals surface area contributed by atoms with E-state index >= 15 is 0 Å². The summed E-state index contributed by atoms with van der Waals surface area (Å²) in [6.07, 6.45) is 12.1. The summed E-state index contributed by atoms with van der Waals surface area (Å²) in [7, 11) is 0. The van der Waals surface area contributed by atoms with Gasteiger partial charge >= 0.3 is 0 Å². The molecule has 2 heterocycles. The van der Waals surface area contributed by atoms with Crippen molar-refractivity contribution in [2.24, 2.45) is 5.92 Å². The minimum Gasteiger partial charge on any atom is -0.350 e. The van der Waals surface area contributed by atoms with Gasteiger partial charge in [0.1, 0.15) is 5.69 Å². The molecule has 0 aliphatic heterocycles. The predicted molar refractivity (Wildman–Crippen MR) is 82.2 cm³/mol. The second kappa shape index (κ2) is 7.15. The van der Waals surface area contributed by atoms with E-state index in [4.69, 9.17) is 0 Å². The van der Waals surface area contributed by atoms with Crippen LogP contribution in [0.5, 0.6) is 0 Å². The maximum atomic E-state index is 11.9. The fourth-order valence-electron chi connectivity index (χ4n) is 2.91. The van der Waals surface area contributed by atoms with Crippen LogP contribution in [0, 0.1) is 5.92 Å². The number of pyridine rings is 1. The smallest absolute Gasteiger partial charge is 0.220 e. The maximum absolute atomic E-state index is 11.9. The average molecular weight is 299 g/mol. The highest BCUT2D eigenvalue weighted by molar-refractivity contribution is 5.75. The number of hydrogen-bond donors (Lipinski definition) is 1. The standard InChI is InChI=1S/C16H21N5O/c22-16(6-5-13-3-1-2-4-13)18-11-14-12-21(20-19-14)15-7-9-17-10-8-15/h7-10,12-13H,1-6,11H2,(H,18,22). The first kappa shape index (κ1) is 14.7. The van der Waals surface area contributed by atoms with E-state index in [-0.39, 0.29) is 5.91 Å². The Balaban J connectivity index is 1.45. The second-order valence-electron chi connectivity index (χ2n) is 5.83. The summed E-state index contributed by atoms with van der Waals surface area (Å²) in [5.41, 5.74) is 1.66. The molecular weight excluding hydrogens is 278 g/mol. The van der Waals surface area contributed by atoms with Crippen molar-refractivity contribution in [3.05, 3.63) is 36.4 Å². The zero-order valence-electron chi connectivity index (χ0n) is 12.6. The first-order valence-corrected chi connectivity index (χ1v) is 7.89. The number of hydrogen-bond acceptors (Lipinski definition) is 4. The van der Waals surface area contributed by atoms with Crippen LogP contribution in [0.2, 0.25) is 0 Å². The molecule has 0 aromatic carbocycles. The third kappa shape index (κ3) is 3.90. The van der Waals surface area contributed by atoms with Crippen LogP contribution in [0.1, 0.15) is 44.2 Å². The van der Waals surface area contributed by atoms with E-state index in [0.717, 1.165) is 23.7 Å². The van der Waals surface area contributed by atoms with Crippen molar-refractivity contribution in [2.45, 2.75) is 45.1 Å². The Kier molecular flexibility index (Phi) is 4.78. The van der Waals surface area contributed by atoms with Crippen LogP contribution < -0.4 is 5.32 Å². The minimum absolute atomic E-state index is 0.102. The Labute approximate surface area is 129 Å². The lowest BCUT2D eigenvalue weighted by Gasteiger charge is -2.08. The van der Waals surface area contributed by atoms with Gasteiger partial charge in [0.15, 0.2) is 0 Å². The molecular formula is C16H21N5O. The molecule has 116 valence electrons. The SMILES string of the molecule is O=C(CCC1CCCC1)NCc1cn(-c2ccncc2)nn1. The quantitative estimate of drug-likeness (QED) is 0.888. The molecule has 0 atom stereocenters. The van der Waals surface area contributed by atoms with Gasteiger partial charge in [-0.3, -0.25) is 9.78 Å². The van der Waals surface area contributed by atoms with Crippen LogP contribution in [0.25, 0.3) is 5.69 Å². The largest absolute Gasteiger partial charge is 0.350 e. The van der Waals surface area contributed by atoms with Gasteiger partial charge in [0.05, 0.1) is 18.4 Å². The van der Waals surface area contributed by atoms with Gasteiger partial charge in [-0.15, -0.1) is 5.10 Å². The van der Waals surface area contributed by atoms with E-state index in [1.807, 2.05) is 18.3 Å². The van der Waals surface area contributed by atoms with E-state index in [1.54, 1.807) is 17.1 Å². The lowest BCUT2D eigenvalue weighted by Crippen LogP contribution is -2.23. The molecule has 0 bridgehead atoms. The lowest BCUT2D eigenvalue weighted by molar-refractivity contribution is -0.121. The van der Waals surface area contributed by atoms with Crippen LogP contribution in [-0.4, -0.2) is 25.9 Å². The van der Waals surface area contributed by atoms with Crippen LogP contribution in [0.4, 0.5) is 0 Å². The van der Waals surface area contributed by atoms with Crippen molar-refractivity contribution in [3.8, 4) is 5.69 Å². The fraction of sp³-hybridized carbons (Fsp3) is 0.500. The molecule has 0 saturated heterocycles. The van der Waals surface area contributed by atoms with Crippen LogP contribution in [0.3, 0.4) is 0 Å². The number of carbonyl (C=O) groups excluding carboxylic acids is 1. The molecule has 0 unspecified atom stereocenters. The van der Waals surface area contributed by atoms with E-state index < -0.39 is 0 Å². The van der Waals surface area contributed by atoms with E-state index in [9.17, 15) is 4.79 Å². The monoisotopic (exact) mass is 299 g/mol. The van der Waals surface area contributed by atoms with Crippen molar-refractivity contribution in [2.75, 3.05) is 0 Å². The normalized spacial score (nSPS) is 15.1. The summed E-state index contributed by atoms with van der Waals surface area (Å²) < 4.78 is 1.68. The fourth-order valence-corrected chi connectivity index (χ4v) is 2.91. The highest BCUT2D eigenvalue weighted by Gasteiger charge is 2.16. The minimum atomic E-state index is 0.102. The Bertz CT molecular complexity index is 604. The van der Waals surface area contributed by atoms with Gasteiger partial charge in [-0.2, -0.15) is 0 Å². The highest BCUT2D eigenvalue weighted by Crippen LogP contribution is 2.28. The maximum Gasteiger partial charge on any atom is 0.220 e. The van der Waals surface area contributed by atoms with Gasteiger partial charge in [0, 0.05) is 18.8 Å². The predicted octanol–water partition coefficient (Wildman–Crippen LogP) is 2.25. The van der Waals surface area contributed by atoms with E-state index in [0.29, 0.717) is 13.0 Å². The van der Waals surface area contributed by atoms with Crippen molar-refractivity contribution in [1.82, 2.24) is 25.3 Å². The Morgan fingerprint density at radius 3 is 2.82 bits per heavy atom. The van der Waals surface area contributed by atoms with Crippen molar-refractivity contribution in [3.63, 3.8) is 0 Å². The molecule has 22 heavy (non-hydrogen) atoms. The zero-order chi connectivity index (χ0) is 15.2. The van der Waals surface area contributed by atoms with E-state index in [2.05, 4.69) is 20.6 Å². The molecule has 1 fully saturated rings.